The van der Waals surface area contributed by atoms with Crippen molar-refractivity contribution < 1.29 is 4.79 Å². The molecule has 1 aromatic carbocycles. The molecule has 3 rings (SSSR count). The van der Waals surface area contributed by atoms with Crippen LogP contribution in [0, 0.1) is 19.8 Å². The Labute approximate surface area is 127 Å². The fourth-order valence-corrected chi connectivity index (χ4v) is 3.29. The molecule has 1 N–H and O–H groups in total. The van der Waals surface area contributed by atoms with Crippen LogP contribution >= 0.6 is 12.4 Å². The normalized spacial score (nSPS) is 25.0. The molecule has 2 unspecified atom stereocenters. The lowest BCUT2D eigenvalue weighted by Gasteiger charge is -2.35. The van der Waals surface area contributed by atoms with E-state index >= 15 is 0 Å². The van der Waals surface area contributed by atoms with E-state index in [2.05, 4.69) is 19.2 Å². The smallest absolute Gasteiger partial charge is 0.253 e. The highest BCUT2D eigenvalue weighted by Gasteiger charge is 2.34. The van der Waals surface area contributed by atoms with Crippen LogP contribution in [0.5, 0.6) is 0 Å². The maximum Gasteiger partial charge on any atom is 0.253 e. The number of benzene rings is 1. The second-order valence-electron chi connectivity index (χ2n) is 5.95. The Kier molecular flexibility index (Phi) is 4.71. The Balaban J connectivity index is 0.00000147. The van der Waals surface area contributed by atoms with Crippen LogP contribution in [-0.4, -0.2) is 36.5 Å². The third-order valence-electron chi connectivity index (χ3n) is 4.70. The number of aryl methyl sites for hydroxylation is 2. The third kappa shape index (κ3) is 2.84. The molecule has 0 spiro atoms. The summed E-state index contributed by atoms with van der Waals surface area (Å²) in [6.07, 6.45) is 2.31. The van der Waals surface area contributed by atoms with Gasteiger partial charge in [-0.25, -0.2) is 0 Å². The number of hydrogen-bond donors (Lipinski definition) is 1. The quantitative estimate of drug-likeness (QED) is 0.863. The Hall–Kier alpha value is -1.06. The molecule has 2 fully saturated rings. The topological polar surface area (TPSA) is 32.3 Å². The second kappa shape index (κ2) is 6.15. The first-order chi connectivity index (χ1) is 9.15. The van der Waals surface area contributed by atoms with Gasteiger partial charge in [-0.2, -0.15) is 0 Å². The van der Waals surface area contributed by atoms with Crippen molar-refractivity contribution in [1.29, 1.82) is 0 Å². The molecule has 0 aromatic heterocycles. The molecule has 2 atom stereocenters. The van der Waals surface area contributed by atoms with E-state index in [4.69, 9.17) is 0 Å². The molecule has 0 bridgehead atoms. The number of amides is 1. The average Bonchev–Trinajstić information content (AvgIpc) is 2.88. The summed E-state index contributed by atoms with van der Waals surface area (Å²) >= 11 is 0. The van der Waals surface area contributed by atoms with Crippen molar-refractivity contribution >= 4 is 18.3 Å². The van der Waals surface area contributed by atoms with Gasteiger partial charge >= 0.3 is 0 Å². The third-order valence-corrected chi connectivity index (χ3v) is 4.70. The van der Waals surface area contributed by atoms with E-state index < -0.39 is 0 Å². The molecule has 110 valence electrons. The molecular formula is C16H23ClN2O. The number of fused-ring (bicyclic) bond motifs is 1. The summed E-state index contributed by atoms with van der Waals surface area (Å²) in [6.45, 7) is 7.07. The van der Waals surface area contributed by atoms with Crippen molar-refractivity contribution in [2.45, 2.75) is 32.7 Å². The van der Waals surface area contributed by atoms with Crippen molar-refractivity contribution in [3.05, 3.63) is 34.9 Å². The van der Waals surface area contributed by atoms with E-state index in [0.717, 1.165) is 31.6 Å². The van der Waals surface area contributed by atoms with Gasteiger partial charge in [-0.3, -0.25) is 4.79 Å². The van der Waals surface area contributed by atoms with Gasteiger partial charge in [0.15, 0.2) is 0 Å². The molecule has 0 saturated carbocycles. The summed E-state index contributed by atoms with van der Waals surface area (Å²) in [4.78, 5) is 14.6. The number of hydrogen-bond acceptors (Lipinski definition) is 2. The number of carbonyl (C=O) groups excluding carboxylic acids is 1. The lowest BCUT2D eigenvalue weighted by atomic mass is 9.93. The predicted octanol–water partition coefficient (Wildman–Crippen LogP) is 2.55. The average molecular weight is 295 g/mol. The molecule has 1 aromatic rings. The van der Waals surface area contributed by atoms with Crippen LogP contribution in [0.1, 0.15) is 34.3 Å². The highest BCUT2D eigenvalue weighted by Crippen LogP contribution is 2.25. The number of nitrogens with one attached hydrogen (secondary N) is 1. The van der Waals surface area contributed by atoms with Crippen LogP contribution in [-0.2, 0) is 0 Å². The number of nitrogens with zero attached hydrogens (tertiary/aromatic N) is 1. The second-order valence-corrected chi connectivity index (χ2v) is 5.95. The maximum absolute atomic E-state index is 12.6. The van der Waals surface area contributed by atoms with Gasteiger partial charge in [-0.1, -0.05) is 6.07 Å². The van der Waals surface area contributed by atoms with Crippen LogP contribution in [0.25, 0.3) is 0 Å². The Morgan fingerprint density at radius 2 is 2.05 bits per heavy atom. The molecule has 2 saturated heterocycles. The number of rotatable bonds is 1. The van der Waals surface area contributed by atoms with Gasteiger partial charge in [-0.15, -0.1) is 12.4 Å². The Morgan fingerprint density at radius 3 is 2.80 bits per heavy atom. The van der Waals surface area contributed by atoms with E-state index in [-0.39, 0.29) is 18.3 Å². The number of carbonyl (C=O) groups is 1. The van der Waals surface area contributed by atoms with Gasteiger partial charge in [0.2, 0.25) is 0 Å². The fourth-order valence-electron chi connectivity index (χ4n) is 3.29. The molecule has 4 heteroatoms. The zero-order chi connectivity index (χ0) is 13.4. The first-order valence-electron chi connectivity index (χ1n) is 7.25. The van der Waals surface area contributed by atoms with Crippen LogP contribution in [0.3, 0.4) is 0 Å². The van der Waals surface area contributed by atoms with Gasteiger partial charge in [0.1, 0.15) is 0 Å². The minimum absolute atomic E-state index is 0. The van der Waals surface area contributed by atoms with E-state index in [1.165, 1.54) is 17.5 Å². The number of halogens is 1. The predicted molar refractivity (Wildman–Crippen MR) is 83.6 cm³/mol. The molecule has 2 heterocycles. The number of piperidine rings is 1. The lowest BCUT2D eigenvalue weighted by Crippen LogP contribution is -2.46. The van der Waals surface area contributed by atoms with Crippen molar-refractivity contribution in [2.75, 3.05) is 19.6 Å². The van der Waals surface area contributed by atoms with Crippen molar-refractivity contribution in [3.8, 4) is 0 Å². The van der Waals surface area contributed by atoms with E-state index in [1.54, 1.807) is 0 Å². The molecule has 20 heavy (non-hydrogen) atoms. The Morgan fingerprint density at radius 1 is 1.25 bits per heavy atom. The van der Waals surface area contributed by atoms with Crippen molar-refractivity contribution in [1.82, 2.24) is 10.2 Å². The summed E-state index contributed by atoms with van der Waals surface area (Å²) in [5.74, 6) is 0.859. The van der Waals surface area contributed by atoms with Gasteiger partial charge in [0, 0.05) is 24.7 Å². The monoisotopic (exact) mass is 294 g/mol. The van der Waals surface area contributed by atoms with Crippen molar-refractivity contribution in [3.63, 3.8) is 0 Å². The van der Waals surface area contributed by atoms with Gasteiger partial charge in [-0.05, 0) is 62.4 Å². The van der Waals surface area contributed by atoms with E-state index in [0.29, 0.717) is 12.0 Å². The van der Waals surface area contributed by atoms with E-state index in [9.17, 15) is 4.79 Å². The zero-order valence-electron chi connectivity index (χ0n) is 12.2. The molecule has 0 radical (unpaired) electrons. The summed E-state index contributed by atoms with van der Waals surface area (Å²) in [5.41, 5.74) is 3.28. The molecule has 2 aliphatic heterocycles. The summed E-state index contributed by atoms with van der Waals surface area (Å²) < 4.78 is 0. The zero-order valence-corrected chi connectivity index (χ0v) is 13.0. The SMILES string of the molecule is Cc1ccc(C(=O)N2CCC3NCCC3C2)cc1C.Cl. The van der Waals surface area contributed by atoms with Gasteiger partial charge in [0.25, 0.3) is 5.91 Å². The summed E-state index contributed by atoms with van der Waals surface area (Å²) in [5, 5.41) is 3.54. The fraction of sp³-hybridized carbons (Fsp3) is 0.562. The first kappa shape index (κ1) is 15.3. The van der Waals surface area contributed by atoms with Crippen LogP contribution in [0.15, 0.2) is 18.2 Å². The number of likely N-dealkylation sites (tertiary alicyclic amines) is 1. The highest BCUT2D eigenvalue weighted by molar-refractivity contribution is 5.94. The molecule has 1 amide bonds. The molecule has 0 aliphatic carbocycles. The van der Waals surface area contributed by atoms with Crippen LogP contribution in [0.4, 0.5) is 0 Å². The lowest BCUT2D eigenvalue weighted by molar-refractivity contribution is 0.0662. The first-order valence-corrected chi connectivity index (χ1v) is 7.25. The van der Waals surface area contributed by atoms with Crippen molar-refractivity contribution in [2.24, 2.45) is 5.92 Å². The van der Waals surface area contributed by atoms with E-state index in [1.807, 2.05) is 23.1 Å². The highest BCUT2D eigenvalue weighted by atomic mass is 35.5. The molecule has 2 aliphatic rings. The van der Waals surface area contributed by atoms with Crippen LogP contribution < -0.4 is 5.32 Å². The van der Waals surface area contributed by atoms with Crippen LogP contribution in [0.2, 0.25) is 0 Å². The molecular weight excluding hydrogens is 272 g/mol. The summed E-state index contributed by atoms with van der Waals surface area (Å²) in [7, 11) is 0. The van der Waals surface area contributed by atoms with Gasteiger partial charge in [0.05, 0.1) is 0 Å². The van der Waals surface area contributed by atoms with Gasteiger partial charge < -0.3 is 10.2 Å². The standard InChI is InChI=1S/C16H22N2O.ClH/c1-11-3-4-13(9-12(11)2)16(19)18-8-6-15-14(10-18)5-7-17-15;/h3-4,9,14-15,17H,5-8,10H2,1-2H3;1H. The summed E-state index contributed by atoms with van der Waals surface area (Å²) in [6, 6.07) is 6.68. The Bertz CT molecular complexity index is 503. The minimum Gasteiger partial charge on any atom is -0.338 e. The largest absolute Gasteiger partial charge is 0.338 e. The maximum atomic E-state index is 12.6. The molecule has 3 nitrogen and oxygen atoms in total. The minimum atomic E-state index is 0.